The molecule has 0 radical (unpaired) electrons. The zero-order valence-corrected chi connectivity index (χ0v) is 9.49. The number of amides is 1. The van der Waals surface area contributed by atoms with E-state index in [1.165, 1.54) is 6.42 Å². The van der Waals surface area contributed by atoms with Crippen molar-refractivity contribution in [3.63, 3.8) is 0 Å². The SMILES string of the molecule is CC[C@@H](N)C(=O)N1CC(C)CCC1C. The number of hydrogen-bond donors (Lipinski definition) is 1. The number of carbonyl (C=O) groups excluding carboxylic acids is 1. The summed E-state index contributed by atoms with van der Waals surface area (Å²) in [4.78, 5) is 13.8. The Morgan fingerprint density at radius 2 is 2.14 bits per heavy atom. The van der Waals surface area contributed by atoms with Gasteiger partial charge in [-0.05, 0) is 32.1 Å². The smallest absolute Gasteiger partial charge is 0.239 e. The van der Waals surface area contributed by atoms with E-state index in [4.69, 9.17) is 5.73 Å². The molecule has 2 unspecified atom stereocenters. The second kappa shape index (κ2) is 4.78. The molecule has 0 saturated carbocycles. The van der Waals surface area contributed by atoms with Gasteiger partial charge >= 0.3 is 0 Å². The van der Waals surface area contributed by atoms with Crippen LogP contribution in [-0.2, 0) is 4.79 Å². The molecule has 0 aromatic heterocycles. The molecular weight excluding hydrogens is 176 g/mol. The van der Waals surface area contributed by atoms with Crippen LogP contribution in [0.25, 0.3) is 0 Å². The summed E-state index contributed by atoms with van der Waals surface area (Å²) in [6, 6.07) is 0.0686. The lowest BCUT2D eigenvalue weighted by molar-refractivity contribution is -0.136. The Hall–Kier alpha value is -0.570. The maximum absolute atomic E-state index is 11.9. The van der Waals surface area contributed by atoms with Crippen molar-refractivity contribution in [3.8, 4) is 0 Å². The summed E-state index contributed by atoms with van der Waals surface area (Å²) in [5.74, 6) is 0.755. The van der Waals surface area contributed by atoms with Gasteiger partial charge in [0.2, 0.25) is 5.91 Å². The Morgan fingerprint density at radius 1 is 1.50 bits per heavy atom. The maximum atomic E-state index is 11.9. The molecule has 0 bridgehead atoms. The average Bonchev–Trinajstić information content (AvgIpc) is 2.19. The van der Waals surface area contributed by atoms with Gasteiger partial charge in [-0.15, -0.1) is 0 Å². The first-order chi connectivity index (χ1) is 6.56. The highest BCUT2D eigenvalue weighted by Gasteiger charge is 2.29. The molecule has 3 heteroatoms. The third kappa shape index (κ3) is 2.47. The first kappa shape index (κ1) is 11.5. The van der Waals surface area contributed by atoms with E-state index in [1.807, 2.05) is 11.8 Å². The highest BCUT2D eigenvalue weighted by atomic mass is 16.2. The van der Waals surface area contributed by atoms with Crippen molar-refractivity contribution < 1.29 is 4.79 Å². The van der Waals surface area contributed by atoms with Crippen molar-refractivity contribution in [2.75, 3.05) is 6.54 Å². The van der Waals surface area contributed by atoms with Gasteiger partial charge in [-0.1, -0.05) is 13.8 Å². The summed E-state index contributed by atoms with van der Waals surface area (Å²) >= 11 is 0. The molecule has 0 spiro atoms. The van der Waals surface area contributed by atoms with Gasteiger partial charge in [-0.3, -0.25) is 4.79 Å². The first-order valence-corrected chi connectivity index (χ1v) is 5.62. The first-order valence-electron chi connectivity index (χ1n) is 5.62. The summed E-state index contributed by atoms with van der Waals surface area (Å²) < 4.78 is 0. The van der Waals surface area contributed by atoms with Crippen molar-refractivity contribution in [3.05, 3.63) is 0 Å². The number of piperidine rings is 1. The Morgan fingerprint density at radius 3 is 2.71 bits per heavy atom. The molecule has 1 saturated heterocycles. The monoisotopic (exact) mass is 198 g/mol. The molecule has 2 N–H and O–H groups in total. The molecule has 1 amide bonds. The van der Waals surface area contributed by atoms with Crippen LogP contribution in [-0.4, -0.2) is 29.4 Å². The highest BCUT2D eigenvalue weighted by Crippen LogP contribution is 2.21. The van der Waals surface area contributed by atoms with Crippen LogP contribution in [0.4, 0.5) is 0 Å². The minimum atomic E-state index is -0.303. The van der Waals surface area contributed by atoms with Gasteiger partial charge in [0, 0.05) is 12.6 Å². The third-order valence-electron chi connectivity index (χ3n) is 3.16. The van der Waals surface area contributed by atoms with Crippen LogP contribution in [0.2, 0.25) is 0 Å². The van der Waals surface area contributed by atoms with Crippen LogP contribution in [0.3, 0.4) is 0 Å². The molecule has 1 fully saturated rings. The summed E-state index contributed by atoms with van der Waals surface area (Å²) in [7, 11) is 0. The highest BCUT2D eigenvalue weighted by molar-refractivity contribution is 5.81. The summed E-state index contributed by atoms with van der Waals surface area (Å²) in [6.07, 6.45) is 3.08. The van der Waals surface area contributed by atoms with Crippen molar-refractivity contribution in [1.82, 2.24) is 4.90 Å². The van der Waals surface area contributed by atoms with Crippen LogP contribution in [0, 0.1) is 5.92 Å². The number of likely N-dealkylation sites (tertiary alicyclic amines) is 1. The maximum Gasteiger partial charge on any atom is 0.239 e. The van der Waals surface area contributed by atoms with E-state index in [9.17, 15) is 4.79 Å². The van der Waals surface area contributed by atoms with Gasteiger partial charge in [-0.2, -0.15) is 0 Å². The Labute approximate surface area is 86.6 Å². The van der Waals surface area contributed by atoms with Crippen LogP contribution in [0.15, 0.2) is 0 Å². The molecule has 1 rings (SSSR count). The molecule has 82 valence electrons. The number of nitrogens with zero attached hydrogens (tertiary/aromatic N) is 1. The van der Waals surface area contributed by atoms with E-state index < -0.39 is 0 Å². The quantitative estimate of drug-likeness (QED) is 0.728. The Balaban J connectivity index is 2.60. The van der Waals surface area contributed by atoms with Crippen LogP contribution in [0.5, 0.6) is 0 Å². The zero-order valence-electron chi connectivity index (χ0n) is 9.49. The Kier molecular flexibility index (Phi) is 3.93. The molecule has 14 heavy (non-hydrogen) atoms. The second-order valence-electron chi connectivity index (χ2n) is 4.54. The zero-order chi connectivity index (χ0) is 10.7. The van der Waals surface area contributed by atoms with E-state index in [2.05, 4.69) is 13.8 Å². The van der Waals surface area contributed by atoms with Crippen molar-refractivity contribution in [2.24, 2.45) is 11.7 Å². The number of carbonyl (C=O) groups is 1. The standard InChI is InChI=1S/C11H22N2O/c1-4-10(12)11(14)13-7-8(2)5-6-9(13)3/h8-10H,4-7,12H2,1-3H3/t8?,9?,10-/m1/s1. The molecule has 1 aliphatic rings. The average molecular weight is 198 g/mol. The van der Waals surface area contributed by atoms with E-state index in [0.717, 1.165) is 19.4 Å². The predicted molar refractivity (Wildman–Crippen MR) is 57.8 cm³/mol. The number of rotatable bonds is 2. The second-order valence-corrected chi connectivity index (χ2v) is 4.54. The fourth-order valence-corrected chi connectivity index (χ4v) is 1.98. The normalized spacial score (nSPS) is 30.1. The lowest BCUT2D eigenvalue weighted by Crippen LogP contribution is -2.51. The lowest BCUT2D eigenvalue weighted by Gasteiger charge is -2.38. The minimum Gasteiger partial charge on any atom is -0.338 e. The number of nitrogens with two attached hydrogens (primary N) is 1. The van der Waals surface area contributed by atoms with Gasteiger partial charge in [0.1, 0.15) is 0 Å². The summed E-state index contributed by atoms with van der Waals surface area (Å²) in [6.45, 7) is 7.16. The lowest BCUT2D eigenvalue weighted by atomic mass is 9.94. The summed E-state index contributed by atoms with van der Waals surface area (Å²) in [5, 5.41) is 0. The van der Waals surface area contributed by atoms with Gasteiger partial charge in [-0.25, -0.2) is 0 Å². The minimum absolute atomic E-state index is 0.131. The largest absolute Gasteiger partial charge is 0.338 e. The van der Waals surface area contributed by atoms with Crippen LogP contribution < -0.4 is 5.73 Å². The van der Waals surface area contributed by atoms with Gasteiger partial charge in [0.25, 0.3) is 0 Å². The molecule has 3 atom stereocenters. The molecule has 0 aliphatic carbocycles. The molecular formula is C11H22N2O. The molecule has 1 aliphatic heterocycles. The van der Waals surface area contributed by atoms with E-state index in [1.54, 1.807) is 0 Å². The molecule has 1 heterocycles. The van der Waals surface area contributed by atoms with Crippen LogP contribution >= 0.6 is 0 Å². The van der Waals surface area contributed by atoms with Crippen molar-refractivity contribution in [2.45, 2.75) is 52.1 Å². The molecule has 0 aromatic carbocycles. The van der Waals surface area contributed by atoms with E-state index >= 15 is 0 Å². The van der Waals surface area contributed by atoms with Crippen molar-refractivity contribution in [1.29, 1.82) is 0 Å². The van der Waals surface area contributed by atoms with E-state index in [-0.39, 0.29) is 11.9 Å². The van der Waals surface area contributed by atoms with Gasteiger partial charge in [0.15, 0.2) is 0 Å². The van der Waals surface area contributed by atoms with Gasteiger partial charge < -0.3 is 10.6 Å². The van der Waals surface area contributed by atoms with Gasteiger partial charge in [0.05, 0.1) is 6.04 Å². The van der Waals surface area contributed by atoms with E-state index in [0.29, 0.717) is 12.0 Å². The fourth-order valence-electron chi connectivity index (χ4n) is 1.98. The van der Waals surface area contributed by atoms with Crippen molar-refractivity contribution >= 4 is 5.91 Å². The number of hydrogen-bond acceptors (Lipinski definition) is 2. The third-order valence-corrected chi connectivity index (χ3v) is 3.16. The van der Waals surface area contributed by atoms with Crippen LogP contribution in [0.1, 0.15) is 40.0 Å². The topological polar surface area (TPSA) is 46.3 Å². The fraction of sp³-hybridized carbons (Fsp3) is 0.909. The molecule has 3 nitrogen and oxygen atoms in total. The molecule has 0 aromatic rings. The Bertz CT molecular complexity index is 205. The summed E-state index contributed by atoms with van der Waals surface area (Å²) in [5.41, 5.74) is 5.76. The predicted octanol–water partition coefficient (Wildman–Crippen LogP) is 1.37.